The monoisotopic (exact) mass is 402 g/mol. The number of carbonyl (C=O) groups excluding carboxylic acids is 2. The molecule has 1 N–H and O–H groups in total. The third-order valence-electron chi connectivity index (χ3n) is 4.46. The van der Waals surface area contributed by atoms with E-state index in [1.54, 1.807) is 53.7 Å². The van der Waals surface area contributed by atoms with E-state index < -0.39 is 0 Å². The van der Waals surface area contributed by atoms with Crippen LogP contribution in [0.3, 0.4) is 0 Å². The van der Waals surface area contributed by atoms with Gasteiger partial charge in [-0.1, -0.05) is 29.8 Å². The maximum absolute atomic E-state index is 12.5. The molecule has 0 fully saturated rings. The summed E-state index contributed by atoms with van der Waals surface area (Å²) in [6.07, 6.45) is 3.31. The number of carbonyl (C=O) groups is 2. The number of thiazole rings is 1. The molecule has 2 heterocycles. The Balaban J connectivity index is 1.46. The molecular weight excluding hydrogens is 384 g/mol. The SMILES string of the molecule is Cc1ccc(-c2nc(C(=O)Nc3ccc(C(=O)c4nccn4C)cc3)cs2)cc1. The van der Waals surface area contributed by atoms with E-state index in [-0.39, 0.29) is 11.7 Å². The molecule has 0 radical (unpaired) electrons. The number of nitrogens with one attached hydrogen (secondary N) is 1. The van der Waals surface area contributed by atoms with Gasteiger partial charge in [0, 0.05) is 41.6 Å². The Kier molecular flexibility index (Phi) is 5.05. The first-order valence-corrected chi connectivity index (χ1v) is 9.85. The van der Waals surface area contributed by atoms with Crippen LogP contribution in [0.5, 0.6) is 0 Å². The van der Waals surface area contributed by atoms with Crippen LogP contribution < -0.4 is 5.32 Å². The van der Waals surface area contributed by atoms with Crippen LogP contribution >= 0.6 is 11.3 Å². The zero-order valence-electron chi connectivity index (χ0n) is 15.9. The molecule has 29 heavy (non-hydrogen) atoms. The van der Waals surface area contributed by atoms with E-state index in [1.165, 1.54) is 16.9 Å². The predicted octanol–water partition coefficient (Wildman–Crippen LogP) is 4.34. The van der Waals surface area contributed by atoms with Crippen molar-refractivity contribution < 1.29 is 9.59 Å². The Morgan fingerprint density at radius 1 is 1.03 bits per heavy atom. The number of ketones is 1. The van der Waals surface area contributed by atoms with Gasteiger partial charge >= 0.3 is 0 Å². The van der Waals surface area contributed by atoms with Gasteiger partial charge < -0.3 is 9.88 Å². The highest BCUT2D eigenvalue weighted by Crippen LogP contribution is 2.24. The summed E-state index contributed by atoms with van der Waals surface area (Å²) < 4.78 is 1.67. The van der Waals surface area contributed by atoms with Crippen molar-refractivity contribution in [1.82, 2.24) is 14.5 Å². The summed E-state index contributed by atoms with van der Waals surface area (Å²) in [6, 6.07) is 14.8. The normalized spacial score (nSPS) is 10.7. The predicted molar refractivity (Wildman–Crippen MR) is 113 cm³/mol. The largest absolute Gasteiger partial charge is 0.331 e. The number of aromatic nitrogens is 3. The first-order valence-electron chi connectivity index (χ1n) is 8.97. The summed E-state index contributed by atoms with van der Waals surface area (Å²) in [5.41, 5.74) is 3.62. The number of hydrogen-bond donors (Lipinski definition) is 1. The lowest BCUT2D eigenvalue weighted by Gasteiger charge is -2.05. The number of anilines is 1. The lowest BCUT2D eigenvalue weighted by molar-refractivity contribution is 0.101. The van der Waals surface area contributed by atoms with Crippen LogP contribution in [0, 0.1) is 6.92 Å². The Bertz CT molecular complexity index is 1170. The standard InChI is InChI=1S/C22H18N4O2S/c1-14-3-5-16(6-4-14)22-25-18(13-29-22)21(28)24-17-9-7-15(8-10-17)19(27)20-23-11-12-26(20)2/h3-13H,1-2H3,(H,24,28). The van der Waals surface area contributed by atoms with Gasteiger partial charge in [-0.15, -0.1) is 11.3 Å². The fourth-order valence-corrected chi connectivity index (χ4v) is 3.63. The summed E-state index contributed by atoms with van der Waals surface area (Å²) in [4.78, 5) is 33.5. The minimum atomic E-state index is -0.289. The maximum atomic E-state index is 12.5. The van der Waals surface area contributed by atoms with Crippen molar-refractivity contribution in [2.75, 3.05) is 5.32 Å². The van der Waals surface area contributed by atoms with Gasteiger partial charge in [0.25, 0.3) is 5.91 Å². The van der Waals surface area contributed by atoms with Gasteiger partial charge in [0.15, 0.2) is 5.82 Å². The summed E-state index contributed by atoms with van der Waals surface area (Å²) >= 11 is 1.43. The second kappa shape index (κ2) is 7.81. The molecule has 0 unspecified atom stereocenters. The summed E-state index contributed by atoms with van der Waals surface area (Å²) in [7, 11) is 1.77. The Morgan fingerprint density at radius 3 is 2.41 bits per heavy atom. The fraction of sp³-hybridized carbons (Fsp3) is 0.0909. The average molecular weight is 402 g/mol. The summed E-state index contributed by atoms with van der Waals surface area (Å²) in [5.74, 6) is -0.0895. The molecule has 0 spiro atoms. The maximum Gasteiger partial charge on any atom is 0.275 e. The first-order chi connectivity index (χ1) is 14.0. The van der Waals surface area contributed by atoms with Crippen molar-refractivity contribution >= 4 is 28.7 Å². The van der Waals surface area contributed by atoms with E-state index in [0.717, 1.165) is 10.6 Å². The number of aryl methyl sites for hydroxylation is 2. The molecule has 0 aliphatic carbocycles. The topological polar surface area (TPSA) is 76.9 Å². The lowest BCUT2D eigenvalue weighted by Crippen LogP contribution is -2.13. The molecule has 2 aromatic heterocycles. The zero-order valence-corrected chi connectivity index (χ0v) is 16.7. The first kappa shape index (κ1) is 18.8. The van der Waals surface area contributed by atoms with Crippen LogP contribution in [0.4, 0.5) is 5.69 Å². The quantitative estimate of drug-likeness (QED) is 0.504. The van der Waals surface area contributed by atoms with Crippen LogP contribution in [0.25, 0.3) is 10.6 Å². The Labute approximate surface area is 171 Å². The van der Waals surface area contributed by atoms with Crippen molar-refractivity contribution in [1.29, 1.82) is 0 Å². The van der Waals surface area contributed by atoms with Crippen LogP contribution in [0.1, 0.15) is 32.2 Å². The Morgan fingerprint density at radius 2 is 1.76 bits per heavy atom. The molecular formula is C22H18N4O2S. The van der Waals surface area contributed by atoms with Gasteiger partial charge in [-0.2, -0.15) is 0 Å². The fourth-order valence-electron chi connectivity index (χ4n) is 2.82. The van der Waals surface area contributed by atoms with Gasteiger partial charge in [0.1, 0.15) is 10.7 Å². The molecule has 0 aliphatic heterocycles. The minimum Gasteiger partial charge on any atom is -0.331 e. The molecule has 0 aliphatic rings. The molecule has 0 saturated heterocycles. The molecule has 4 rings (SSSR count). The third kappa shape index (κ3) is 4.00. The van der Waals surface area contributed by atoms with Crippen molar-refractivity contribution in [3.8, 4) is 10.6 Å². The van der Waals surface area contributed by atoms with Crippen LogP contribution in [0.15, 0.2) is 66.3 Å². The molecule has 0 bridgehead atoms. The smallest absolute Gasteiger partial charge is 0.275 e. The molecule has 6 nitrogen and oxygen atoms in total. The van der Waals surface area contributed by atoms with E-state index in [9.17, 15) is 9.59 Å². The van der Waals surface area contributed by atoms with Crippen molar-refractivity contribution in [3.63, 3.8) is 0 Å². The van der Waals surface area contributed by atoms with E-state index >= 15 is 0 Å². The molecule has 4 aromatic rings. The molecule has 0 atom stereocenters. The molecule has 1 amide bonds. The highest BCUT2D eigenvalue weighted by molar-refractivity contribution is 7.13. The Hall–Kier alpha value is -3.58. The summed E-state index contributed by atoms with van der Waals surface area (Å²) in [5, 5.41) is 5.35. The third-order valence-corrected chi connectivity index (χ3v) is 5.36. The second-order valence-corrected chi connectivity index (χ2v) is 7.48. The van der Waals surface area contributed by atoms with Gasteiger partial charge in [-0.05, 0) is 31.2 Å². The number of imidazole rings is 1. The van der Waals surface area contributed by atoms with E-state index in [0.29, 0.717) is 22.8 Å². The van der Waals surface area contributed by atoms with Crippen molar-refractivity contribution in [2.45, 2.75) is 6.92 Å². The molecule has 2 aromatic carbocycles. The second-order valence-electron chi connectivity index (χ2n) is 6.63. The number of amides is 1. The van der Waals surface area contributed by atoms with Crippen LogP contribution in [-0.4, -0.2) is 26.2 Å². The highest BCUT2D eigenvalue weighted by atomic mass is 32.1. The minimum absolute atomic E-state index is 0.169. The van der Waals surface area contributed by atoms with E-state index in [4.69, 9.17) is 0 Å². The molecule has 7 heteroatoms. The van der Waals surface area contributed by atoms with E-state index in [1.807, 2.05) is 31.2 Å². The summed E-state index contributed by atoms with van der Waals surface area (Å²) in [6.45, 7) is 2.03. The number of rotatable bonds is 5. The van der Waals surface area contributed by atoms with Gasteiger partial charge in [0.2, 0.25) is 5.78 Å². The number of nitrogens with zero attached hydrogens (tertiary/aromatic N) is 3. The highest BCUT2D eigenvalue weighted by Gasteiger charge is 2.15. The van der Waals surface area contributed by atoms with Crippen LogP contribution in [-0.2, 0) is 7.05 Å². The lowest BCUT2D eigenvalue weighted by atomic mass is 10.1. The molecule has 0 saturated carbocycles. The average Bonchev–Trinajstić information content (AvgIpc) is 3.38. The van der Waals surface area contributed by atoms with Crippen molar-refractivity contribution in [2.24, 2.45) is 7.05 Å². The number of hydrogen-bond acceptors (Lipinski definition) is 5. The zero-order chi connectivity index (χ0) is 20.4. The van der Waals surface area contributed by atoms with Crippen LogP contribution in [0.2, 0.25) is 0 Å². The molecule has 144 valence electrons. The van der Waals surface area contributed by atoms with Gasteiger partial charge in [-0.3, -0.25) is 9.59 Å². The number of benzene rings is 2. The van der Waals surface area contributed by atoms with Gasteiger partial charge in [0.05, 0.1) is 0 Å². The van der Waals surface area contributed by atoms with Crippen molar-refractivity contribution in [3.05, 3.63) is 88.9 Å². The van der Waals surface area contributed by atoms with E-state index in [2.05, 4.69) is 15.3 Å². The van der Waals surface area contributed by atoms with Gasteiger partial charge in [-0.25, -0.2) is 9.97 Å².